The maximum atomic E-state index is 12.8. The van der Waals surface area contributed by atoms with Gasteiger partial charge >= 0.3 is 5.97 Å². The minimum absolute atomic E-state index is 0.0727. The van der Waals surface area contributed by atoms with Crippen molar-refractivity contribution in [1.29, 1.82) is 0 Å². The number of rotatable bonds is 2. The van der Waals surface area contributed by atoms with E-state index in [2.05, 4.69) is 5.32 Å². The highest BCUT2D eigenvalue weighted by atomic mass is 35.5. The van der Waals surface area contributed by atoms with Crippen molar-refractivity contribution in [2.24, 2.45) is 5.92 Å². The number of ether oxygens (including phenoxy) is 2. The van der Waals surface area contributed by atoms with Crippen LogP contribution in [-0.2, 0) is 19.1 Å². The fourth-order valence-corrected chi connectivity index (χ4v) is 3.87. The third kappa shape index (κ3) is 3.39. The Labute approximate surface area is 150 Å². The molecular weight excluding hydrogens is 353 g/mol. The number of hydrogen-bond donors (Lipinski definition) is 1. The quantitative estimate of drug-likeness (QED) is 0.802. The Morgan fingerprint density at radius 2 is 2.04 bits per heavy atom. The Balaban J connectivity index is 1.82. The van der Waals surface area contributed by atoms with Crippen molar-refractivity contribution in [1.82, 2.24) is 0 Å². The van der Waals surface area contributed by atoms with E-state index in [9.17, 15) is 9.59 Å². The summed E-state index contributed by atoms with van der Waals surface area (Å²) in [6.07, 6.45) is 1.08. The molecule has 0 unspecified atom stereocenters. The third-order valence-electron chi connectivity index (χ3n) is 4.57. The van der Waals surface area contributed by atoms with E-state index in [1.807, 2.05) is 13.8 Å². The van der Waals surface area contributed by atoms with Gasteiger partial charge in [0, 0.05) is 18.5 Å². The molecular formula is C17H19Cl2NO4. The summed E-state index contributed by atoms with van der Waals surface area (Å²) >= 11 is 11.9. The molecule has 2 atom stereocenters. The average Bonchev–Trinajstić information content (AvgIpc) is 2.77. The van der Waals surface area contributed by atoms with Crippen LogP contribution in [0, 0.1) is 5.92 Å². The second-order valence-electron chi connectivity index (χ2n) is 6.95. The zero-order valence-corrected chi connectivity index (χ0v) is 15.0. The summed E-state index contributed by atoms with van der Waals surface area (Å²) in [4.78, 5) is 24.7. The summed E-state index contributed by atoms with van der Waals surface area (Å²) in [7, 11) is 0. The molecule has 1 aromatic rings. The predicted octanol–water partition coefficient (Wildman–Crippen LogP) is 3.82. The van der Waals surface area contributed by atoms with Crippen LogP contribution in [0.15, 0.2) is 18.2 Å². The van der Waals surface area contributed by atoms with Crippen molar-refractivity contribution in [2.75, 3.05) is 11.9 Å². The smallest absolute Gasteiger partial charge is 0.307 e. The van der Waals surface area contributed by atoms with Gasteiger partial charge in [-0.15, -0.1) is 0 Å². The number of amides is 1. The van der Waals surface area contributed by atoms with Crippen LogP contribution in [0.2, 0.25) is 10.0 Å². The van der Waals surface area contributed by atoms with Crippen molar-refractivity contribution in [3.8, 4) is 0 Å². The predicted molar refractivity (Wildman–Crippen MR) is 91.3 cm³/mol. The van der Waals surface area contributed by atoms with Crippen molar-refractivity contribution >= 4 is 40.8 Å². The number of hydrogen-bond acceptors (Lipinski definition) is 4. The average molecular weight is 372 g/mol. The first kappa shape index (κ1) is 17.5. The van der Waals surface area contributed by atoms with E-state index in [4.69, 9.17) is 32.7 Å². The number of halogens is 2. The van der Waals surface area contributed by atoms with E-state index >= 15 is 0 Å². The Hall–Kier alpha value is -1.30. The van der Waals surface area contributed by atoms with Crippen LogP contribution in [0.4, 0.5) is 5.69 Å². The fraction of sp³-hybridized carbons (Fsp3) is 0.529. The molecule has 7 heteroatoms. The Morgan fingerprint density at radius 3 is 2.71 bits per heavy atom. The van der Waals surface area contributed by atoms with E-state index in [0.29, 0.717) is 35.2 Å². The van der Waals surface area contributed by atoms with E-state index in [1.165, 1.54) is 0 Å². The molecule has 1 aromatic carbocycles. The Kier molecular flexibility index (Phi) is 4.53. The molecule has 1 N–H and O–H groups in total. The maximum absolute atomic E-state index is 12.8. The number of esters is 1. The summed E-state index contributed by atoms with van der Waals surface area (Å²) in [6.45, 7) is 4.33. The number of nitrogens with one attached hydrogen (secondary N) is 1. The van der Waals surface area contributed by atoms with Gasteiger partial charge in [0.2, 0.25) is 5.91 Å². The first-order chi connectivity index (χ1) is 11.2. The lowest BCUT2D eigenvalue weighted by molar-refractivity contribution is -0.178. The molecule has 2 heterocycles. The maximum Gasteiger partial charge on any atom is 0.307 e. The number of carbonyl (C=O) groups excluding carboxylic acids is 2. The molecule has 3 rings (SSSR count). The highest BCUT2D eigenvalue weighted by Gasteiger charge is 2.56. The molecule has 0 saturated carbocycles. The fourth-order valence-electron chi connectivity index (χ4n) is 3.57. The van der Waals surface area contributed by atoms with Crippen molar-refractivity contribution in [3.05, 3.63) is 28.2 Å². The monoisotopic (exact) mass is 371 g/mol. The molecule has 2 aliphatic heterocycles. The van der Waals surface area contributed by atoms with Crippen molar-refractivity contribution in [3.63, 3.8) is 0 Å². The molecule has 0 bridgehead atoms. The number of benzene rings is 1. The molecule has 1 amide bonds. The van der Waals surface area contributed by atoms with Crippen LogP contribution in [0.1, 0.15) is 33.1 Å². The van der Waals surface area contributed by atoms with Gasteiger partial charge in [-0.2, -0.15) is 0 Å². The summed E-state index contributed by atoms with van der Waals surface area (Å²) in [5.74, 6) is -1.15. The first-order valence-electron chi connectivity index (χ1n) is 7.83. The second kappa shape index (κ2) is 6.21. The minimum atomic E-state index is -0.806. The SMILES string of the molecule is CC1(C)C[C@@]2(CCO1)OC(=O)C[C@@H]2C(=O)Nc1ccc(Cl)c(Cl)c1. The lowest BCUT2D eigenvalue weighted by Gasteiger charge is -2.43. The third-order valence-corrected chi connectivity index (χ3v) is 5.31. The van der Waals surface area contributed by atoms with Gasteiger partial charge in [0.15, 0.2) is 0 Å². The Morgan fingerprint density at radius 1 is 1.29 bits per heavy atom. The zero-order chi connectivity index (χ0) is 17.5. The van der Waals surface area contributed by atoms with Gasteiger partial charge in [0.1, 0.15) is 5.60 Å². The highest BCUT2D eigenvalue weighted by Crippen LogP contribution is 2.46. The molecule has 130 valence electrons. The molecule has 0 aromatic heterocycles. The van der Waals surface area contributed by atoms with E-state index < -0.39 is 17.1 Å². The normalized spacial score (nSPS) is 28.7. The largest absolute Gasteiger partial charge is 0.458 e. The minimum Gasteiger partial charge on any atom is -0.458 e. The summed E-state index contributed by atoms with van der Waals surface area (Å²) in [5, 5.41) is 3.59. The van der Waals surface area contributed by atoms with Gasteiger partial charge in [-0.05, 0) is 32.0 Å². The number of anilines is 1. The first-order valence-corrected chi connectivity index (χ1v) is 8.58. The molecule has 5 nitrogen and oxygen atoms in total. The van der Waals surface area contributed by atoms with E-state index in [-0.39, 0.29) is 18.3 Å². The van der Waals surface area contributed by atoms with Gasteiger partial charge < -0.3 is 14.8 Å². The molecule has 2 aliphatic rings. The molecule has 0 radical (unpaired) electrons. The molecule has 0 aliphatic carbocycles. The van der Waals surface area contributed by atoms with Crippen LogP contribution in [0.25, 0.3) is 0 Å². The summed E-state index contributed by atoms with van der Waals surface area (Å²) < 4.78 is 11.3. The highest BCUT2D eigenvalue weighted by molar-refractivity contribution is 6.42. The van der Waals surface area contributed by atoms with Crippen LogP contribution >= 0.6 is 23.2 Å². The van der Waals surface area contributed by atoms with Crippen molar-refractivity contribution < 1.29 is 19.1 Å². The van der Waals surface area contributed by atoms with Crippen LogP contribution in [-0.4, -0.2) is 29.7 Å². The second-order valence-corrected chi connectivity index (χ2v) is 7.76. The molecule has 1 spiro atoms. The summed E-state index contributed by atoms with van der Waals surface area (Å²) in [5.41, 5.74) is -0.709. The zero-order valence-electron chi connectivity index (χ0n) is 13.5. The van der Waals surface area contributed by atoms with Gasteiger partial charge in [-0.1, -0.05) is 23.2 Å². The van der Waals surface area contributed by atoms with E-state index in [0.717, 1.165) is 0 Å². The van der Waals surface area contributed by atoms with Gasteiger partial charge in [-0.25, -0.2) is 0 Å². The lowest BCUT2D eigenvalue weighted by atomic mass is 9.75. The molecule has 2 saturated heterocycles. The van der Waals surface area contributed by atoms with Crippen LogP contribution in [0.3, 0.4) is 0 Å². The van der Waals surface area contributed by atoms with E-state index in [1.54, 1.807) is 18.2 Å². The van der Waals surface area contributed by atoms with Gasteiger partial charge in [-0.3, -0.25) is 9.59 Å². The molecule has 24 heavy (non-hydrogen) atoms. The lowest BCUT2D eigenvalue weighted by Crippen LogP contribution is -2.52. The van der Waals surface area contributed by atoms with Crippen molar-refractivity contribution in [2.45, 2.75) is 44.3 Å². The standard InChI is InChI=1S/C17H19Cl2NO4/c1-16(2)9-17(5-6-23-16)11(8-14(21)24-17)15(22)20-10-3-4-12(18)13(19)7-10/h3-4,7,11H,5-6,8-9H2,1-2H3,(H,20,22)/t11-,17-/m1/s1. The molecule has 2 fully saturated rings. The van der Waals surface area contributed by atoms with Gasteiger partial charge in [0.05, 0.1) is 34.6 Å². The Bertz CT molecular complexity index is 691. The van der Waals surface area contributed by atoms with Crippen LogP contribution < -0.4 is 5.32 Å². The van der Waals surface area contributed by atoms with Crippen LogP contribution in [0.5, 0.6) is 0 Å². The van der Waals surface area contributed by atoms with Gasteiger partial charge in [0.25, 0.3) is 0 Å². The number of carbonyl (C=O) groups is 2. The summed E-state index contributed by atoms with van der Waals surface area (Å²) in [6, 6.07) is 4.87. The topological polar surface area (TPSA) is 64.6 Å².